The van der Waals surface area contributed by atoms with Crippen LogP contribution in [0, 0.1) is 5.82 Å². The first-order valence-electron chi connectivity index (χ1n) is 9.35. The van der Waals surface area contributed by atoms with Crippen LogP contribution in [0.3, 0.4) is 0 Å². The van der Waals surface area contributed by atoms with Crippen molar-refractivity contribution < 1.29 is 18.7 Å². The Morgan fingerprint density at radius 3 is 2.33 bits per heavy atom. The van der Waals surface area contributed by atoms with Crippen molar-refractivity contribution in [2.24, 2.45) is 4.99 Å². The number of ether oxygens (including phenoxy) is 2. The Bertz CT molecular complexity index is 1120. The van der Waals surface area contributed by atoms with Crippen molar-refractivity contribution in [3.63, 3.8) is 0 Å². The number of benzene rings is 3. The van der Waals surface area contributed by atoms with E-state index in [1.807, 2.05) is 54.6 Å². The van der Waals surface area contributed by atoms with Crippen molar-refractivity contribution in [1.82, 2.24) is 0 Å². The lowest BCUT2D eigenvalue weighted by Gasteiger charge is -2.16. The molecule has 0 saturated heterocycles. The molecule has 0 saturated carbocycles. The number of hydrogen-bond donors (Lipinski definition) is 0. The molecule has 0 aromatic heterocycles. The van der Waals surface area contributed by atoms with Gasteiger partial charge in [-0.2, -0.15) is 0 Å². The third kappa shape index (κ3) is 4.36. The van der Waals surface area contributed by atoms with Crippen LogP contribution < -0.4 is 4.74 Å². The van der Waals surface area contributed by atoms with Crippen LogP contribution in [0.15, 0.2) is 102 Å². The van der Waals surface area contributed by atoms with E-state index in [2.05, 4.69) is 11.6 Å². The predicted molar refractivity (Wildman–Crippen MR) is 113 cm³/mol. The number of rotatable bonds is 6. The molecule has 0 N–H and O–H groups in total. The molecular formula is C25H18FNO3. The van der Waals surface area contributed by atoms with E-state index in [9.17, 15) is 9.18 Å². The van der Waals surface area contributed by atoms with Crippen molar-refractivity contribution in [3.8, 4) is 5.75 Å². The molecule has 30 heavy (non-hydrogen) atoms. The first-order valence-corrected chi connectivity index (χ1v) is 9.35. The summed E-state index contributed by atoms with van der Waals surface area (Å²) in [7, 11) is 0. The molecule has 1 atom stereocenters. The van der Waals surface area contributed by atoms with Gasteiger partial charge < -0.3 is 9.47 Å². The minimum atomic E-state index is -0.551. The molecule has 148 valence electrons. The van der Waals surface area contributed by atoms with Gasteiger partial charge in [-0.3, -0.25) is 0 Å². The molecule has 0 bridgehead atoms. The number of hydrogen-bond acceptors (Lipinski definition) is 4. The largest absolute Gasteiger partial charge is 0.482 e. The van der Waals surface area contributed by atoms with Crippen LogP contribution in [-0.4, -0.2) is 11.9 Å². The minimum absolute atomic E-state index is 0.155. The highest BCUT2D eigenvalue weighted by molar-refractivity contribution is 6.12. The van der Waals surface area contributed by atoms with Gasteiger partial charge in [0.25, 0.3) is 0 Å². The molecule has 3 aromatic carbocycles. The highest BCUT2D eigenvalue weighted by Gasteiger charge is 2.24. The van der Waals surface area contributed by atoms with E-state index in [4.69, 9.17) is 9.47 Å². The van der Waals surface area contributed by atoms with Crippen molar-refractivity contribution in [2.75, 3.05) is 0 Å². The van der Waals surface area contributed by atoms with Crippen LogP contribution in [0.1, 0.15) is 22.8 Å². The Morgan fingerprint density at radius 1 is 0.967 bits per heavy atom. The van der Waals surface area contributed by atoms with Gasteiger partial charge in [0.05, 0.1) is 0 Å². The Kier molecular flexibility index (Phi) is 5.52. The molecule has 3 aromatic rings. The predicted octanol–water partition coefficient (Wildman–Crippen LogP) is 5.48. The smallest absolute Gasteiger partial charge is 0.363 e. The maximum atomic E-state index is 13.1. The second-order valence-corrected chi connectivity index (χ2v) is 6.60. The second-order valence-electron chi connectivity index (χ2n) is 6.60. The number of nitrogens with zero attached hydrogens (tertiary/aromatic N) is 1. The van der Waals surface area contributed by atoms with Crippen LogP contribution in [0.2, 0.25) is 0 Å². The molecule has 0 spiro atoms. The zero-order chi connectivity index (χ0) is 20.9. The monoisotopic (exact) mass is 399 g/mol. The fourth-order valence-corrected chi connectivity index (χ4v) is 2.97. The number of aliphatic imine (C=N–C) groups is 1. The molecule has 0 fully saturated rings. The number of cyclic esters (lactones) is 1. The van der Waals surface area contributed by atoms with Crippen molar-refractivity contribution in [3.05, 3.63) is 120 Å². The lowest BCUT2D eigenvalue weighted by Crippen LogP contribution is -2.05. The first kappa shape index (κ1) is 19.3. The first-order chi connectivity index (χ1) is 14.6. The van der Waals surface area contributed by atoms with Crippen molar-refractivity contribution >= 4 is 17.9 Å². The lowest BCUT2D eigenvalue weighted by molar-refractivity contribution is -0.129. The summed E-state index contributed by atoms with van der Waals surface area (Å²) in [5, 5.41) is 0. The number of carbonyl (C=O) groups excluding carboxylic acids is 1. The summed E-state index contributed by atoms with van der Waals surface area (Å²) in [5.74, 6) is -0.0866. The van der Waals surface area contributed by atoms with Gasteiger partial charge in [0.15, 0.2) is 5.70 Å². The minimum Gasteiger partial charge on any atom is -0.482 e. The van der Waals surface area contributed by atoms with Gasteiger partial charge in [-0.05, 0) is 59.7 Å². The Morgan fingerprint density at radius 2 is 1.67 bits per heavy atom. The van der Waals surface area contributed by atoms with E-state index in [-0.39, 0.29) is 23.5 Å². The fraction of sp³-hybridized carbons (Fsp3) is 0.0400. The maximum absolute atomic E-state index is 13.1. The van der Waals surface area contributed by atoms with E-state index in [0.29, 0.717) is 11.3 Å². The van der Waals surface area contributed by atoms with E-state index >= 15 is 0 Å². The van der Waals surface area contributed by atoms with Crippen LogP contribution in [-0.2, 0) is 9.53 Å². The Balaban J connectivity index is 1.50. The molecular weight excluding hydrogens is 381 g/mol. The standard InChI is InChI=1S/C25H18FNO3/c1-2-23(18-6-4-3-5-7-18)29-21-14-8-17(9-15-21)16-22-25(28)30-24(27-22)19-10-12-20(26)13-11-19/h2-16,23H,1H2/b22-16-. The molecule has 1 aliphatic heterocycles. The van der Waals surface area contributed by atoms with Gasteiger partial charge in [0.2, 0.25) is 5.90 Å². The quantitative estimate of drug-likeness (QED) is 0.313. The summed E-state index contributed by atoms with van der Waals surface area (Å²) < 4.78 is 24.3. The van der Waals surface area contributed by atoms with E-state index in [1.165, 1.54) is 24.3 Å². The summed E-state index contributed by atoms with van der Waals surface area (Å²) in [6.45, 7) is 3.84. The zero-order valence-corrected chi connectivity index (χ0v) is 16.0. The van der Waals surface area contributed by atoms with Gasteiger partial charge >= 0.3 is 5.97 Å². The van der Waals surface area contributed by atoms with E-state index in [0.717, 1.165) is 11.1 Å². The number of esters is 1. The summed E-state index contributed by atoms with van der Waals surface area (Å²) in [5.41, 5.74) is 2.49. The van der Waals surface area contributed by atoms with E-state index in [1.54, 1.807) is 12.2 Å². The van der Waals surface area contributed by atoms with Crippen LogP contribution >= 0.6 is 0 Å². The summed E-state index contributed by atoms with van der Waals surface area (Å²) in [6, 6.07) is 22.7. The third-order valence-electron chi connectivity index (χ3n) is 4.50. The maximum Gasteiger partial charge on any atom is 0.363 e. The molecule has 1 unspecified atom stereocenters. The highest BCUT2D eigenvalue weighted by atomic mass is 19.1. The molecule has 0 radical (unpaired) electrons. The third-order valence-corrected chi connectivity index (χ3v) is 4.50. The number of halogens is 1. The molecule has 4 rings (SSSR count). The molecule has 0 aliphatic carbocycles. The second kappa shape index (κ2) is 8.57. The molecule has 5 heteroatoms. The normalized spacial score (nSPS) is 15.4. The Hall–Kier alpha value is -3.99. The molecule has 1 aliphatic rings. The van der Waals surface area contributed by atoms with Gasteiger partial charge in [0, 0.05) is 5.56 Å². The summed E-state index contributed by atoms with van der Waals surface area (Å²) in [6.07, 6.45) is 3.11. The van der Waals surface area contributed by atoms with Crippen LogP contribution in [0.25, 0.3) is 6.08 Å². The van der Waals surface area contributed by atoms with Crippen molar-refractivity contribution in [1.29, 1.82) is 0 Å². The average molecular weight is 399 g/mol. The van der Waals surface area contributed by atoms with Crippen LogP contribution in [0.5, 0.6) is 5.75 Å². The molecule has 1 heterocycles. The SMILES string of the molecule is C=CC(Oc1ccc(/C=C2\N=C(c3ccc(F)cc3)OC2=O)cc1)c1ccccc1. The van der Waals surface area contributed by atoms with Gasteiger partial charge in [0.1, 0.15) is 17.7 Å². The number of carbonyl (C=O) groups is 1. The lowest BCUT2D eigenvalue weighted by atomic mass is 10.1. The Labute approximate surface area is 173 Å². The highest BCUT2D eigenvalue weighted by Crippen LogP contribution is 2.25. The molecule has 4 nitrogen and oxygen atoms in total. The fourth-order valence-electron chi connectivity index (χ4n) is 2.97. The zero-order valence-electron chi connectivity index (χ0n) is 16.0. The topological polar surface area (TPSA) is 47.9 Å². The molecule has 0 amide bonds. The van der Waals surface area contributed by atoms with Crippen molar-refractivity contribution in [2.45, 2.75) is 6.10 Å². The average Bonchev–Trinajstić information content (AvgIpc) is 3.14. The summed E-state index contributed by atoms with van der Waals surface area (Å²) >= 11 is 0. The van der Waals surface area contributed by atoms with Crippen LogP contribution in [0.4, 0.5) is 4.39 Å². The summed E-state index contributed by atoms with van der Waals surface area (Å²) in [4.78, 5) is 16.3. The van der Waals surface area contributed by atoms with Gasteiger partial charge in [-0.1, -0.05) is 49.0 Å². The van der Waals surface area contributed by atoms with E-state index < -0.39 is 5.97 Å². The van der Waals surface area contributed by atoms with Gasteiger partial charge in [-0.15, -0.1) is 0 Å². The van der Waals surface area contributed by atoms with Gasteiger partial charge in [-0.25, -0.2) is 14.2 Å².